The summed E-state index contributed by atoms with van der Waals surface area (Å²) in [5.41, 5.74) is 6.11. The summed E-state index contributed by atoms with van der Waals surface area (Å²) in [4.78, 5) is 16.8. The molecule has 2 aliphatic rings. The fourth-order valence-electron chi connectivity index (χ4n) is 3.55. The number of carbonyl (C=O) groups excluding carboxylic acids is 1. The number of rotatable bonds is 3. The molecule has 2 N–H and O–H groups in total. The van der Waals surface area contributed by atoms with Crippen LogP contribution in [0.3, 0.4) is 0 Å². The Morgan fingerprint density at radius 2 is 2.11 bits per heavy atom. The van der Waals surface area contributed by atoms with Gasteiger partial charge in [0.25, 0.3) is 0 Å². The van der Waals surface area contributed by atoms with E-state index in [1.54, 1.807) is 0 Å². The Morgan fingerprint density at radius 1 is 1.37 bits per heavy atom. The SMILES string of the molecule is CC1CCC(C(=O)N(C)CC2CCN(C)C2)CC1N. The summed E-state index contributed by atoms with van der Waals surface area (Å²) in [5.74, 6) is 1.69. The van der Waals surface area contributed by atoms with Gasteiger partial charge in [-0.15, -0.1) is 0 Å². The van der Waals surface area contributed by atoms with Gasteiger partial charge in [0.15, 0.2) is 0 Å². The third kappa shape index (κ3) is 3.69. The highest BCUT2D eigenvalue weighted by atomic mass is 16.2. The summed E-state index contributed by atoms with van der Waals surface area (Å²) in [6, 6.07) is 0.203. The molecular weight excluding hydrogens is 238 g/mol. The predicted molar refractivity (Wildman–Crippen MR) is 77.7 cm³/mol. The highest BCUT2D eigenvalue weighted by Gasteiger charge is 2.32. The van der Waals surface area contributed by atoms with Crippen LogP contribution in [0, 0.1) is 17.8 Å². The van der Waals surface area contributed by atoms with Gasteiger partial charge < -0.3 is 15.5 Å². The number of nitrogens with zero attached hydrogens (tertiary/aromatic N) is 2. The average Bonchev–Trinajstić information content (AvgIpc) is 2.77. The molecule has 0 bridgehead atoms. The molecule has 1 aliphatic carbocycles. The van der Waals surface area contributed by atoms with Crippen molar-refractivity contribution >= 4 is 5.91 Å². The highest BCUT2D eigenvalue weighted by Crippen LogP contribution is 2.29. The minimum atomic E-state index is 0.162. The molecule has 4 nitrogen and oxygen atoms in total. The van der Waals surface area contributed by atoms with E-state index in [0.29, 0.717) is 17.7 Å². The number of carbonyl (C=O) groups is 1. The van der Waals surface area contributed by atoms with Crippen LogP contribution in [0.15, 0.2) is 0 Å². The van der Waals surface area contributed by atoms with Crippen molar-refractivity contribution in [2.45, 2.75) is 38.6 Å². The molecule has 1 amide bonds. The minimum Gasteiger partial charge on any atom is -0.345 e. The maximum Gasteiger partial charge on any atom is 0.225 e. The van der Waals surface area contributed by atoms with Crippen molar-refractivity contribution in [2.24, 2.45) is 23.5 Å². The van der Waals surface area contributed by atoms with Crippen molar-refractivity contribution in [3.05, 3.63) is 0 Å². The van der Waals surface area contributed by atoms with Gasteiger partial charge in [-0.1, -0.05) is 6.92 Å². The van der Waals surface area contributed by atoms with E-state index >= 15 is 0 Å². The molecular formula is C15H29N3O. The Kier molecular flexibility index (Phi) is 4.85. The summed E-state index contributed by atoms with van der Waals surface area (Å²) in [5, 5.41) is 0. The van der Waals surface area contributed by atoms with Crippen molar-refractivity contribution < 1.29 is 4.79 Å². The number of likely N-dealkylation sites (tertiary alicyclic amines) is 1. The molecule has 110 valence electrons. The molecule has 1 saturated carbocycles. The molecule has 19 heavy (non-hydrogen) atoms. The fraction of sp³-hybridized carbons (Fsp3) is 0.933. The van der Waals surface area contributed by atoms with Gasteiger partial charge in [-0.2, -0.15) is 0 Å². The van der Waals surface area contributed by atoms with Crippen molar-refractivity contribution in [3.8, 4) is 0 Å². The zero-order valence-electron chi connectivity index (χ0n) is 12.6. The normalized spacial score (nSPS) is 36.4. The van der Waals surface area contributed by atoms with Crippen LogP contribution in [-0.2, 0) is 4.79 Å². The molecule has 0 aromatic heterocycles. The molecule has 1 heterocycles. The first-order valence-corrected chi connectivity index (χ1v) is 7.66. The quantitative estimate of drug-likeness (QED) is 0.835. The van der Waals surface area contributed by atoms with E-state index in [9.17, 15) is 4.79 Å². The lowest BCUT2D eigenvalue weighted by Gasteiger charge is -2.33. The molecule has 0 radical (unpaired) electrons. The average molecular weight is 267 g/mol. The van der Waals surface area contributed by atoms with E-state index in [2.05, 4.69) is 18.9 Å². The molecule has 4 heteroatoms. The van der Waals surface area contributed by atoms with Crippen LogP contribution < -0.4 is 5.73 Å². The first-order chi connectivity index (χ1) is 8.97. The maximum absolute atomic E-state index is 12.5. The van der Waals surface area contributed by atoms with Crippen LogP contribution in [0.1, 0.15) is 32.6 Å². The zero-order valence-corrected chi connectivity index (χ0v) is 12.6. The van der Waals surface area contributed by atoms with Gasteiger partial charge in [-0.05, 0) is 51.1 Å². The Labute approximate surface area is 117 Å². The predicted octanol–water partition coefficient (Wildman–Crippen LogP) is 1.16. The van der Waals surface area contributed by atoms with Gasteiger partial charge in [-0.25, -0.2) is 0 Å². The van der Waals surface area contributed by atoms with E-state index in [1.807, 2.05) is 11.9 Å². The van der Waals surface area contributed by atoms with E-state index in [-0.39, 0.29) is 12.0 Å². The molecule has 4 unspecified atom stereocenters. The molecule has 0 aromatic carbocycles. The zero-order chi connectivity index (χ0) is 14.0. The van der Waals surface area contributed by atoms with E-state index in [1.165, 1.54) is 13.0 Å². The molecule has 0 aromatic rings. The van der Waals surface area contributed by atoms with E-state index in [0.717, 1.165) is 32.4 Å². The summed E-state index contributed by atoms with van der Waals surface area (Å²) in [7, 11) is 4.12. The summed E-state index contributed by atoms with van der Waals surface area (Å²) >= 11 is 0. The third-order valence-corrected chi connectivity index (χ3v) is 5.00. The Bertz CT molecular complexity index is 321. The van der Waals surface area contributed by atoms with Crippen molar-refractivity contribution in [3.63, 3.8) is 0 Å². The molecule has 1 aliphatic heterocycles. The summed E-state index contributed by atoms with van der Waals surface area (Å²) in [6.07, 6.45) is 4.20. The highest BCUT2D eigenvalue weighted by molar-refractivity contribution is 5.78. The van der Waals surface area contributed by atoms with Crippen molar-refractivity contribution in [1.82, 2.24) is 9.80 Å². The number of hydrogen-bond donors (Lipinski definition) is 1. The molecule has 4 atom stereocenters. The van der Waals surface area contributed by atoms with Gasteiger partial charge in [0.1, 0.15) is 0 Å². The Morgan fingerprint density at radius 3 is 2.68 bits per heavy atom. The van der Waals surface area contributed by atoms with Crippen LogP contribution in [0.2, 0.25) is 0 Å². The number of hydrogen-bond acceptors (Lipinski definition) is 3. The Hall–Kier alpha value is -0.610. The van der Waals surface area contributed by atoms with Crippen LogP contribution in [0.25, 0.3) is 0 Å². The van der Waals surface area contributed by atoms with E-state index in [4.69, 9.17) is 5.73 Å². The smallest absolute Gasteiger partial charge is 0.225 e. The van der Waals surface area contributed by atoms with Gasteiger partial charge in [0.2, 0.25) is 5.91 Å². The second kappa shape index (κ2) is 6.23. The second-order valence-corrected chi connectivity index (χ2v) is 6.79. The van der Waals surface area contributed by atoms with Crippen LogP contribution in [-0.4, -0.2) is 55.5 Å². The van der Waals surface area contributed by atoms with Crippen molar-refractivity contribution in [1.29, 1.82) is 0 Å². The molecule has 2 rings (SSSR count). The molecule has 0 spiro atoms. The first kappa shape index (κ1) is 14.8. The minimum absolute atomic E-state index is 0.162. The lowest BCUT2D eigenvalue weighted by molar-refractivity contribution is -0.136. The molecule has 2 fully saturated rings. The van der Waals surface area contributed by atoms with Gasteiger partial charge >= 0.3 is 0 Å². The molecule has 1 saturated heterocycles. The summed E-state index contributed by atoms with van der Waals surface area (Å²) in [6.45, 7) is 5.39. The largest absolute Gasteiger partial charge is 0.345 e. The van der Waals surface area contributed by atoms with Crippen LogP contribution in [0.5, 0.6) is 0 Å². The monoisotopic (exact) mass is 267 g/mol. The van der Waals surface area contributed by atoms with Gasteiger partial charge in [-0.3, -0.25) is 4.79 Å². The van der Waals surface area contributed by atoms with Gasteiger partial charge in [0, 0.05) is 32.1 Å². The van der Waals surface area contributed by atoms with Crippen molar-refractivity contribution in [2.75, 3.05) is 33.7 Å². The standard InChI is InChI=1S/C15H29N3O/c1-11-4-5-13(8-14(11)16)15(19)18(3)10-12-6-7-17(2)9-12/h11-14H,4-10,16H2,1-3H3. The summed E-state index contributed by atoms with van der Waals surface area (Å²) < 4.78 is 0. The second-order valence-electron chi connectivity index (χ2n) is 6.79. The maximum atomic E-state index is 12.5. The first-order valence-electron chi connectivity index (χ1n) is 7.66. The fourth-order valence-corrected chi connectivity index (χ4v) is 3.55. The Balaban J connectivity index is 1.82. The van der Waals surface area contributed by atoms with Gasteiger partial charge in [0.05, 0.1) is 0 Å². The van der Waals surface area contributed by atoms with Crippen LogP contribution in [0.4, 0.5) is 0 Å². The lowest BCUT2D eigenvalue weighted by Crippen LogP contribution is -2.43. The number of amides is 1. The topological polar surface area (TPSA) is 49.6 Å². The van der Waals surface area contributed by atoms with E-state index < -0.39 is 0 Å². The number of nitrogens with two attached hydrogens (primary N) is 1. The third-order valence-electron chi connectivity index (χ3n) is 5.00. The van der Waals surface area contributed by atoms with Crippen LogP contribution >= 0.6 is 0 Å². The lowest BCUT2D eigenvalue weighted by atomic mass is 9.79.